The topological polar surface area (TPSA) is 64.9 Å². The van der Waals surface area contributed by atoms with Crippen molar-refractivity contribution in [2.45, 2.75) is 39.8 Å². The van der Waals surface area contributed by atoms with Gasteiger partial charge in [-0.25, -0.2) is 4.98 Å². The molecule has 0 unspecified atom stereocenters. The highest BCUT2D eigenvalue weighted by Crippen LogP contribution is 2.21. The van der Waals surface area contributed by atoms with Crippen LogP contribution in [0.2, 0.25) is 5.28 Å². The second-order valence-corrected chi connectivity index (χ2v) is 5.08. The molecule has 0 fully saturated rings. The van der Waals surface area contributed by atoms with Gasteiger partial charge in [-0.15, -0.1) is 0 Å². The molecule has 0 bridgehead atoms. The molecular weight excluding hydrogens is 278 g/mol. The van der Waals surface area contributed by atoms with Crippen LogP contribution >= 0.6 is 11.6 Å². The van der Waals surface area contributed by atoms with E-state index >= 15 is 0 Å². The van der Waals surface area contributed by atoms with Crippen molar-refractivity contribution < 1.29 is 4.74 Å². The fourth-order valence-electron chi connectivity index (χ4n) is 1.91. The molecule has 0 atom stereocenters. The summed E-state index contributed by atoms with van der Waals surface area (Å²) in [5, 5.41) is 3.49. The van der Waals surface area contributed by atoms with Crippen LogP contribution in [0.25, 0.3) is 11.2 Å². The molecule has 0 saturated carbocycles. The fourth-order valence-corrected chi connectivity index (χ4v) is 2.08. The van der Waals surface area contributed by atoms with Gasteiger partial charge in [-0.1, -0.05) is 0 Å². The quantitative estimate of drug-likeness (QED) is 0.629. The average Bonchev–Trinajstić information content (AvgIpc) is 2.80. The summed E-state index contributed by atoms with van der Waals surface area (Å²) in [4.78, 5) is 12.6. The maximum atomic E-state index is 5.92. The van der Waals surface area contributed by atoms with Crippen molar-refractivity contribution in [3.63, 3.8) is 0 Å². The number of aryl methyl sites for hydroxylation is 1. The molecule has 2 rings (SSSR count). The van der Waals surface area contributed by atoms with Gasteiger partial charge in [0.1, 0.15) is 5.52 Å². The predicted octanol–water partition coefficient (Wildman–Crippen LogP) is 2.73. The Morgan fingerprint density at radius 2 is 2.20 bits per heavy atom. The molecule has 2 heterocycles. The minimum absolute atomic E-state index is 0.208. The number of nitrogens with one attached hydrogen (secondary N) is 1. The summed E-state index contributed by atoms with van der Waals surface area (Å²) in [5.41, 5.74) is 1.51. The van der Waals surface area contributed by atoms with Gasteiger partial charge in [-0.3, -0.25) is 0 Å². The zero-order valence-electron chi connectivity index (χ0n) is 12.1. The predicted molar refractivity (Wildman–Crippen MR) is 80.2 cm³/mol. The Morgan fingerprint density at radius 3 is 2.90 bits per heavy atom. The SMILES string of the molecule is CCn1cnc2nc(Cl)nc(NCCCOC(C)C)c21. The monoisotopic (exact) mass is 297 g/mol. The van der Waals surface area contributed by atoms with Gasteiger partial charge in [-0.05, 0) is 38.8 Å². The van der Waals surface area contributed by atoms with Crippen LogP contribution in [0, 0.1) is 0 Å². The second-order valence-electron chi connectivity index (χ2n) is 4.74. The third-order valence-corrected chi connectivity index (χ3v) is 3.02. The minimum Gasteiger partial charge on any atom is -0.379 e. The van der Waals surface area contributed by atoms with Gasteiger partial charge in [0.15, 0.2) is 11.5 Å². The number of ether oxygens (including phenoxy) is 1. The second kappa shape index (κ2) is 6.85. The summed E-state index contributed by atoms with van der Waals surface area (Å²) in [5.74, 6) is 0.726. The molecule has 110 valence electrons. The van der Waals surface area contributed by atoms with Gasteiger partial charge in [0.2, 0.25) is 5.28 Å². The van der Waals surface area contributed by atoms with Gasteiger partial charge in [-0.2, -0.15) is 9.97 Å². The van der Waals surface area contributed by atoms with Crippen molar-refractivity contribution in [2.75, 3.05) is 18.5 Å². The summed E-state index contributed by atoms with van der Waals surface area (Å²) in [6, 6.07) is 0. The Morgan fingerprint density at radius 1 is 1.40 bits per heavy atom. The molecule has 0 radical (unpaired) electrons. The number of imidazole rings is 1. The zero-order chi connectivity index (χ0) is 14.5. The van der Waals surface area contributed by atoms with Crippen molar-refractivity contribution >= 4 is 28.6 Å². The first-order valence-electron chi connectivity index (χ1n) is 6.85. The smallest absolute Gasteiger partial charge is 0.226 e. The summed E-state index contributed by atoms with van der Waals surface area (Å²) in [6.07, 6.45) is 2.92. The molecule has 1 N–H and O–H groups in total. The third-order valence-electron chi connectivity index (χ3n) is 2.85. The van der Waals surface area contributed by atoms with Crippen molar-refractivity contribution in [3.05, 3.63) is 11.6 Å². The lowest BCUT2D eigenvalue weighted by atomic mass is 10.4. The molecule has 2 aromatic heterocycles. The Bertz CT molecular complexity index is 569. The van der Waals surface area contributed by atoms with Gasteiger partial charge in [0.25, 0.3) is 0 Å². The molecule has 7 heteroatoms. The molecule has 0 aliphatic carbocycles. The van der Waals surface area contributed by atoms with E-state index in [0.29, 0.717) is 5.65 Å². The van der Waals surface area contributed by atoms with Crippen LogP contribution in [0.15, 0.2) is 6.33 Å². The first-order valence-corrected chi connectivity index (χ1v) is 7.23. The summed E-state index contributed by atoms with van der Waals surface area (Å²) in [7, 11) is 0. The number of halogens is 1. The Labute approximate surface area is 123 Å². The first-order chi connectivity index (χ1) is 9.61. The number of nitrogens with zero attached hydrogens (tertiary/aromatic N) is 4. The minimum atomic E-state index is 0.208. The van der Waals surface area contributed by atoms with Crippen molar-refractivity contribution in [2.24, 2.45) is 0 Å². The lowest BCUT2D eigenvalue weighted by molar-refractivity contribution is 0.0787. The first kappa shape index (κ1) is 15.0. The van der Waals surface area contributed by atoms with Gasteiger partial charge < -0.3 is 14.6 Å². The highest BCUT2D eigenvalue weighted by atomic mass is 35.5. The largest absolute Gasteiger partial charge is 0.379 e. The molecule has 0 saturated heterocycles. The summed E-state index contributed by atoms with van der Waals surface area (Å²) < 4.78 is 7.50. The molecule has 0 spiro atoms. The molecular formula is C13H20ClN5O. The zero-order valence-corrected chi connectivity index (χ0v) is 12.8. The van der Waals surface area contributed by atoms with E-state index in [4.69, 9.17) is 16.3 Å². The molecule has 20 heavy (non-hydrogen) atoms. The van der Waals surface area contributed by atoms with E-state index in [9.17, 15) is 0 Å². The number of rotatable bonds is 7. The Kier molecular flexibility index (Phi) is 5.14. The van der Waals surface area contributed by atoms with E-state index in [0.717, 1.165) is 37.5 Å². The van der Waals surface area contributed by atoms with E-state index in [-0.39, 0.29) is 11.4 Å². The average molecular weight is 298 g/mol. The molecule has 0 aliphatic rings. The fraction of sp³-hybridized carbons (Fsp3) is 0.615. The Balaban J connectivity index is 2.06. The summed E-state index contributed by atoms with van der Waals surface area (Å²) in [6.45, 7) is 8.41. The van der Waals surface area contributed by atoms with Crippen LogP contribution in [0.3, 0.4) is 0 Å². The van der Waals surface area contributed by atoms with Crippen LogP contribution in [-0.2, 0) is 11.3 Å². The lowest BCUT2D eigenvalue weighted by Gasteiger charge is -2.10. The summed E-state index contributed by atoms with van der Waals surface area (Å²) >= 11 is 5.92. The van der Waals surface area contributed by atoms with E-state index in [2.05, 4.69) is 27.2 Å². The molecule has 6 nitrogen and oxygen atoms in total. The van der Waals surface area contributed by atoms with Crippen LogP contribution < -0.4 is 5.32 Å². The van der Waals surface area contributed by atoms with E-state index in [1.165, 1.54) is 0 Å². The lowest BCUT2D eigenvalue weighted by Crippen LogP contribution is -2.11. The number of anilines is 1. The molecule has 0 aromatic carbocycles. The highest BCUT2D eigenvalue weighted by molar-refractivity contribution is 6.28. The van der Waals surface area contributed by atoms with E-state index < -0.39 is 0 Å². The van der Waals surface area contributed by atoms with Crippen LogP contribution in [0.4, 0.5) is 5.82 Å². The van der Waals surface area contributed by atoms with Gasteiger partial charge in [0, 0.05) is 19.7 Å². The number of fused-ring (bicyclic) bond motifs is 1. The molecule has 0 aliphatic heterocycles. The Hall–Kier alpha value is -1.40. The number of aromatic nitrogens is 4. The van der Waals surface area contributed by atoms with Crippen LogP contribution in [-0.4, -0.2) is 38.8 Å². The van der Waals surface area contributed by atoms with Gasteiger partial charge >= 0.3 is 0 Å². The third kappa shape index (κ3) is 3.58. The normalized spacial score (nSPS) is 11.4. The van der Waals surface area contributed by atoms with Crippen molar-refractivity contribution in [1.82, 2.24) is 19.5 Å². The van der Waals surface area contributed by atoms with E-state index in [1.807, 2.05) is 18.4 Å². The number of hydrogen-bond acceptors (Lipinski definition) is 5. The van der Waals surface area contributed by atoms with Crippen molar-refractivity contribution in [3.8, 4) is 0 Å². The maximum absolute atomic E-state index is 5.92. The van der Waals surface area contributed by atoms with Crippen LogP contribution in [0.5, 0.6) is 0 Å². The van der Waals surface area contributed by atoms with Crippen molar-refractivity contribution in [1.29, 1.82) is 0 Å². The standard InChI is InChI=1S/C13H20ClN5O/c1-4-19-8-16-12-10(19)11(17-13(14)18-12)15-6-5-7-20-9(2)3/h8-9H,4-7H2,1-3H3,(H,15,17,18). The highest BCUT2D eigenvalue weighted by Gasteiger charge is 2.11. The maximum Gasteiger partial charge on any atom is 0.226 e. The molecule has 2 aromatic rings. The number of hydrogen-bond donors (Lipinski definition) is 1. The van der Waals surface area contributed by atoms with E-state index in [1.54, 1.807) is 6.33 Å². The van der Waals surface area contributed by atoms with Gasteiger partial charge in [0.05, 0.1) is 12.4 Å². The van der Waals surface area contributed by atoms with Crippen LogP contribution in [0.1, 0.15) is 27.2 Å². The molecule has 0 amide bonds.